The number of urea groups is 1. The van der Waals surface area contributed by atoms with Crippen LogP contribution in [0.1, 0.15) is 49.9 Å². The number of imide groups is 1. The summed E-state index contributed by atoms with van der Waals surface area (Å²) in [6.07, 6.45) is 3.22. The Hall–Kier alpha value is -3.23. The second kappa shape index (κ2) is 8.64. The number of Topliss-reactive ketones (excluding diaryl/α,β-unsaturated/α-hetero) is 1. The first-order valence-electron chi connectivity index (χ1n) is 9.93. The molecule has 9 heteroatoms. The third-order valence-electron chi connectivity index (χ3n) is 5.73. The van der Waals surface area contributed by atoms with Gasteiger partial charge in [0, 0.05) is 11.3 Å². The number of amides is 4. The molecule has 1 aromatic rings. The van der Waals surface area contributed by atoms with Crippen molar-refractivity contribution in [3.05, 3.63) is 29.8 Å². The molecule has 1 saturated heterocycles. The fourth-order valence-corrected chi connectivity index (χ4v) is 3.95. The number of nitrogens with one attached hydrogen (secondary N) is 2. The fraction of sp³-hybridized carbons (Fsp3) is 0.476. The minimum Gasteiger partial charge on any atom is -0.454 e. The van der Waals surface area contributed by atoms with Gasteiger partial charge in [0.15, 0.2) is 12.4 Å². The van der Waals surface area contributed by atoms with Crippen LogP contribution in [-0.4, -0.2) is 53.2 Å². The van der Waals surface area contributed by atoms with Gasteiger partial charge < -0.3 is 15.4 Å². The molecular weight excluding hydrogens is 390 g/mol. The van der Waals surface area contributed by atoms with Crippen LogP contribution in [0, 0.1) is 5.92 Å². The molecule has 160 valence electrons. The number of hydrogen-bond donors (Lipinski definition) is 2. The zero-order chi connectivity index (χ0) is 21.9. The van der Waals surface area contributed by atoms with Crippen molar-refractivity contribution in [1.82, 2.24) is 10.2 Å². The summed E-state index contributed by atoms with van der Waals surface area (Å²) in [4.78, 5) is 61.3. The van der Waals surface area contributed by atoms with Crippen molar-refractivity contribution in [1.29, 1.82) is 0 Å². The summed E-state index contributed by atoms with van der Waals surface area (Å²) in [6, 6.07) is 5.66. The van der Waals surface area contributed by atoms with Crippen LogP contribution < -0.4 is 10.6 Å². The van der Waals surface area contributed by atoms with Gasteiger partial charge in [0.1, 0.15) is 12.1 Å². The normalized spacial score (nSPS) is 23.3. The fourth-order valence-electron chi connectivity index (χ4n) is 3.95. The van der Waals surface area contributed by atoms with E-state index in [1.54, 1.807) is 24.3 Å². The molecule has 2 N–H and O–H groups in total. The van der Waals surface area contributed by atoms with Gasteiger partial charge in [0.25, 0.3) is 11.8 Å². The van der Waals surface area contributed by atoms with Crippen molar-refractivity contribution >= 4 is 35.3 Å². The van der Waals surface area contributed by atoms with E-state index in [-0.39, 0.29) is 11.7 Å². The van der Waals surface area contributed by atoms with Crippen molar-refractivity contribution < 1.29 is 28.7 Å². The molecule has 1 aliphatic carbocycles. The molecule has 2 aliphatic rings. The van der Waals surface area contributed by atoms with Crippen LogP contribution in [0.4, 0.5) is 10.5 Å². The molecule has 0 aromatic heterocycles. The molecule has 2 atom stereocenters. The molecule has 0 unspecified atom stereocenters. The van der Waals surface area contributed by atoms with Gasteiger partial charge in [-0.05, 0) is 49.9 Å². The number of rotatable bonds is 6. The summed E-state index contributed by atoms with van der Waals surface area (Å²) < 4.78 is 4.92. The summed E-state index contributed by atoms with van der Waals surface area (Å²) in [6.45, 7) is 2.26. The smallest absolute Gasteiger partial charge is 0.326 e. The average Bonchev–Trinajstić information content (AvgIpc) is 2.94. The molecule has 1 aliphatic heterocycles. The van der Waals surface area contributed by atoms with E-state index >= 15 is 0 Å². The highest BCUT2D eigenvalue weighted by Gasteiger charge is 2.55. The minimum atomic E-state index is -0.945. The molecule has 1 saturated carbocycles. The molecule has 0 bridgehead atoms. The van der Waals surface area contributed by atoms with Crippen molar-refractivity contribution in [2.75, 3.05) is 18.5 Å². The number of anilines is 1. The SMILES string of the molecule is CC(=O)c1ccc(NC(=O)COC(=O)CN2C(=O)N[C@@]3(CCCC[C@@H]3C)C2=O)cc1. The van der Waals surface area contributed by atoms with E-state index in [1.807, 2.05) is 6.92 Å². The topological polar surface area (TPSA) is 122 Å². The van der Waals surface area contributed by atoms with Gasteiger partial charge in [0.2, 0.25) is 0 Å². The van der Waals surface area contributed by atoms with Crippen molar-refractivity contribution in [3.63, 3.8) is 0 Å². The Balaban J connectivity index is 1.50. The summed E-state index contributed by atoms with van der Waals surface area (Å²) in [5.41, 5.74) is 0.0142. The zero-order valence-corrected chi connectivity index (χ0v) is 17.0. The van der Waals surface area contributed by atoms with E-state index in [9.17, 15) is 24.0 Å². The highest BCUT2D eigenvalue weighted by molar-refractivity contribution is 6.09. The highest BCUT2D eigenvalue weighted by atomic mass is 16.5. The predicted octanol–water partition coefficient (Wildman–Crippen LogP) is 1.87. The van der Waals surface area contributed by atoms with Gasteiger partial charge in [-0.25, -0.2) is 4.79 Å². The Labute approximate surface area is 174 Å². The maximum Gasteiger partial charge on any atom is 0.326 e. The number of nitrogens with zero attached hydrogens (tertiary/aromatic N) is 1. The summed E-state index contributed by atoms with van der Waals surface area (Å²) in [5, 5.41) is 5.30. The second-order valence-corrected chi connectivity index (χ2v) is 7.78. The Bertz CT molecular complexity index is 881. The van der Waals surface area contributed by atoms with E-state index in [0.717, 1.165) is 24.2 Å². The number of carbonyl (C=O) groups excluding carboxylic acids is 5. The molecule has 3 rings (SSSR count). The first-order chi connectivity index (χ1) is 14.2. The number of esters is 1. The van der Waals surface area contributed by atoms with E-state index in [1.165, 1.54) is 6.92 Å². The van der Waals surface area contributed by atoms with Crippen molar-refractivity contribution in [2.24, 2.45) is 5.92 Å². The lowest BCUT2D eigenvalue weighted by atomic mass is 9.73. The number of ether oxygens (including phenoxy) is 1. The molecule has 1 heterocycles. The maximum atomic E-state index is 12.8. The second-order valence-electron chi connectivity index (χ2n) is 7.78. The van der Waals surface area contributed by atoms with E-state index in [0.29, 0.717) is 17.7 Å². The Kier molecular flexibility index (Phi) is 6.19. The lowest BCUT2D eigenvalue weighted by Crippen LogP contribution is -2.54. The molecule has 30 heavy (non-hydrogen) atoms. The summed E-state index contributed by atoms with van der Waals surface area (Å²) in [7, 11) is 0. The molecule has 4 amide bonds. The van der Waals surface area contributed by atoms with Gasteiger partial charge in [0.05, 0.1) is 0 Å². The van der Waals surface area contributed by atoms with Crippen LogP contribution in [-0.2, 0) is 19.1 Å². The van der Waals surface area contributed by atoms with Crippen LogP contribution in [0.3, 0.4) is 0 Å². The molecule has 2 fully saturated rings. The summed E-state index contributed by atoms with van der Waals surface area (Å²) in [5.74, 6) is -1.93. The lowest BCUT2D eigenvalue weighted by Gasteiger charge is -2.36. The first-order valence-corrected chi connectivity index (χ1v) is 9.93. The first kappa shape index (κ1) is 21.5. The quantitative estimate of drug-likeness (QED) is 0.416. The zero-order valence-electron chi connectivity index (χ0n) is 17.0. The van der Waals surface area contributed by atoms with E-state index in [2.05, 4.69) is 10.6 Å². The number of hydrogen-bond acceptors (Lipinski definition) is 6. The molecular formula is C21H25N3O6. The lowest BCUT2D eigenvalue weighted by molar-refractivity contribution is -0.150. The standard InChI is InChI=1S/C21H25N3O6/c1-13-5-3-4-10-21(13)19(28)24(20(29)23-21)11-18(27)30-12-17(26)22-16-8-6-15(7-9-16)14(2)25/h6-9,13H,3-5,10-12H2,1-2H3,(H,22,26)(H,23,29)/t13-,21+/m0/s1. The molecule has 1 aromatic carbocycles. The monoisotopic (exact) mass is 415 g/mol. The largest absolute Gasteiger partial charge is 0.454 e. The Morgan fingerprint density at radius 3 is 2.53 bits per heavy atom. The van der Waals surface area contributed by atoms with Gasteiger partial charge in [-0.2, -0.15) is 0 Å². The molecule has 9 nitrogen and oxygen atoms in total. The van der Waals surface area contributed by atoms with Gasteiger partial charge in [-0.15, -0.1) is 0 Å². The Morgan fingerprint density at radius 1 is 1.20 bits per heavy atom. The van der Waals surface area contributed by atoms with Crippen LogP contribution in [0.15, 0.2) is 24.3 Å². The molecule has 1 spiro atoms. The van der Waals surface area contributed by atoms with Crippen molar-refractivity contribution in [3.8, 4) is 0 Å². The van der Waals surface area contributed by atoms with Crippen LogP contribution in [0.25, 0.3) is 0 Å². The predicted molar refractivity (Wildman–Crippen MR) is 107 cm³/mol. The van der Waals surface area contributed by atoms with E-state index in [4.69, 9.17) is 4.74 Å². The van der Waals surface area contributed by atoms with Crippen LogP contribution in [0.2, 0.25) is 0 Å². The Morgan fingerprint density at radius 2 is 1.90 bits per heavy atom. The number of carbonyl (C=O) groups is 5. The third-order valence-corrected chi connectivity index (χ3v) is 5.73. The highest BCUT2D eigenvalue weighted by Crippen LogP contribution is 2.38. The molecule has 0 radical (unpaired) electrons. The summed E-state index contributed by atoms with van der Waals surface area (Å²) >= 11 is 0. The van der Waals surface area contributed by atoms with Crippen molar-refractivity contribution in [2.45, 2.75) is 45.1 Å². The van der Waals surface area contributed by atoms with Crippen LogP contribution >= 0.6 is 0 Å². The average molecular weight is 415 g/mol. The van der Waals surface area contributed by atoms with Gasteiger partial charge in [-0.3, -0.25) is 24.1 Å². The third kappa shape index (κ3) is 4.34. The number of benzene rings is 1. The minimum absolute atomic E-state index is 0.0103. The van der Waals surface area contributed by atoms with E-state index < -0.39 is 42.5 Å². The van der Waals surface area contributed by atoms with Gasteiger partial charge >= 0.3 is 12.0 Å². The van der Waals surface area contributed by atoms with Crippen LogP contribution in [0.5, 0.6) is 0 Å². The number of ketones is 1. The van der Waals surface area contributed by atoms with Gasteiger partial charge in [-0.1, -0.05) is 19.8 Å². The maximum absolute atomic E-state index is 12.8.